The summed E-state index contributed by atoms with van der Waals surface area (Å²) in [5.41, 5.74) is 3.89. The zero-order chi connectivity index (χ0) is 11.5. The maximum absolute atomic E-state index is 9.61. The highest BCUT2D eigenvalue weighted by Gasteiger charge is 2.16. The Balaban J connectivity index is 2.32. The van der Waals surface area contributed by atoms with Gasteiger partial charge in [-0.05, 0) is 42.0 Å². The summed E-state index contributed by atoms with van der Waals surface area (Å²) in [6, 6.07) is 4.29. The molecule has 0 bridgehead atoms. The van der Waals surface area contributed by atoms with E-state index in [4.69, 9.17) is 4.74 Å². The van der Waals surface area contributed by atoms with Gasteiger partial charge in [0, 0.05) is 6.42 Å². The van der Waals surface area contributed by atoms with Gasteiger partial charge < -0.3 is 9.84 Å². The molecule has 1 aromatic rings. The van der Waals surface area contributed by atoms with E-state index in [9.17, 15) is 5.11 Å². The van der Waals surface area contributed by atoms with Crippen LogP contribution in [0.3, 0.4) is 0 Å². The predicted octanol–water partition coefficient (Wildman–Crippen LogP) is 2.27. The third kappa shape index (κ3) is 2.12. The summed E-state index contributed by atoms with van der Waals surface area (Å²) < 4.78 is 5.37. The van der Waals surface area contributed by atoms with Crippen molar-refractivity contribution in [3.05, 3.63) is 41.5 Å². The lowest BCUT2D eigenvalue weighted by molar-refractivity contribution is 0.222. The van der Waals surface area contributed by atoms with Crippen LogP contribution in [0, 0.1) is 0 Å². The van der Waals surface area contributed by atoms with Gasteiger partial charge in [-0.15, -0.1) is 6.58 Å². The molecule has 1 unspecified atom stereocenters. The van der Waals surface area contributed by atoms with Crippen molar-refractivity contribution in [1.82, 2.24) is 0 Å². The molecule has 0 saturated carbocycles. The Morgan fingerprint density at radius 1 is 1.44 bits per heavy atom. The molecule has 86 valence electrons. The second-order valence-corrected chi connectivity index (χ2v) is 4.29. The Kier molecular flexibility index (Phi) is 3.30. The summed E-state index contributed by atoms with van der Waals surface area (Å²) in [6.45, 7) is 3.59. The number of fused-ring (bicyclic) bond motifs is 1. The average Bonchev–Trinajstić information content (AvgIpc) is 2.74. The van der Waals surface area contributed by atoms with E-state index in [1.807, 2.05) is 0 Å². The van der Waals surface area contributed by atoms with E-state index in [1.165, 1.54) is 17.5 Å². The fraction of sp³-hybridized carbons (Fsp3) is 0.429. The summed E-state index contributed by atoms with van der Waals surface area (Å²) in [5.74, 6) is 0.890. The second-order valence-electron chi connectivity index (χ2n) is 4.29. The van der Waals surface area contributed by atoms with E-state index < -0.39 is 6.10 Å². The van der Waals surface area contributed by atoms with Gasteiger partial charge in [-0.2, -0.15) is 0 Å². The molecule has 0 saturated heterocycles. The van der Waals surface area contributed by atoms with Gasteiger partial charge in [0.05, 0.1) is 13.2 Å². The Morgan fingerprint density at radius 3 is 2.75 bits per heavy atom. The molecule has 16 heavy (non-hydrogen) atoms. The van der Waals surface area contributed by atoms with E-state index in [0.29, 0.717) is 6.42 Å². The normalized spacial score (nSPS) is 15.6. The van der Waals surface area contributed by atoms with Crippen molar-refractivity contribution in [2.24, 2.45) is 0 Å². The quantitative estimate of drug-likeness (QED) is 0.786. The van der Waals surface area contributed by atoms with E-state index in [0.717, 1.165) is 24.2 Å². The minimum Gasteiger partial charge on any atom is -0.496 e. The standard InChI is InChI=1S/C14H18O2/c1-3-13(15)8-12-7-10-5-4-6-11(10)9-14(12)16-2/h3,7,9,13,15H,1,4-6,8H2,2H3. The number of aliphatic hydroxyl groups is 1. The van der Waals surface area contributed by atoms with Crippen molar-refractivity contribution < 1.29 is 9.84 Å². The molecule has 0 heterocycles. The SMILES string of the molecule is C=CC(O)Cc1cc2c(cc1OC)CCC2. The highest BCUT2D eigenvalue weighted by Crippen LogP contribution is 2.30. The highest BCUT2D eigenvalue weighted by atomic mass is 16.5. The van der Waals surface area contributed by atoms with Crippen LogP contribution in [0.4, 0.5) is 0 Å². The first kappa shape index (κ1) is 11.2. The van der Waals surface area contributed by atoms with Gasteiger partial charge in [-0.1, -0.05) is 12.1 Å². The fourth-order valence-corrected chi connectivity index (χ4v) is 2.31. The molecule has 0 radical (unpaired) electrons. The first-order chi connectivity index (χ1) is 7.74. The number of hydrogen-bond donors (Lipinski definition) is 1. The zero-order valence-electron chi connectivity index (χ0n) is 9.70. The molecule has 2 heteroatoms. The molecule has 0 fully saturated rings. The number of rotatable bonds is 4. The third-order valence-corrected chi connectivity index (χ3v) is 3.20. The molecule has 1 aliphatic rings. The molecule has 1 atom stereocenters. The topological polar surface area (TPSA) is 29.5 Å². The van der Waals surface area contributed by atoms with Crippen LogP contribution in [0.1, 0.15) is 23.1 Å². The van der Waals surface area contributed by atoms with Crippen molar-refractivity contribution in [2.75, 3.05) is 7.11 Å². The second kappa shape index (κ2) is 4.71. The lowest BCUT2D eigenvalue weighted by atomic mass is 10.0. The Labute approximate surface area is 96.6 Å². The Bertz CT molecular complexity index is 396. The number of ether oxygens (including phenoxy) is 1. The smallest absolute Gasteiger partial charge is 0.122 e. The van der Waals surface area contributed by atoms with Gasteiger partial charge in [0.1, 0.15) is 5.75 Å². The Morgan fingerprint density at radius 2 is 2.12 bits per heavy atom. The minimum atomic E-state index is -0.492. The summed E-state index contributed by atoms with van der Waals surface area (Å²) in [6.07, 6.45) is 5.18. The molecule has 1 N–H and O–H groups in total. The average molecular weight is 218 g/mol. The van der Waals surface area contributed by atoms with Gasteiger partial charge >= 0.3 is 0 Å². The maximum atomic E-state index is 9.61. The zero-order valence-corrected chi connectivity index (χ0v) is 9.70. The van der Waals surface area contributed by atoms with Crippen LogP contribution in [0.2, 0.25) is 0 Å². The lowest BCUT2D eigenvalue weighted by Gasteiger charge is -2.13. The van der Waals surface area contributed by atoms with Crippen LogP contribution in [0.25, 0.3) is 0 Å². The van der Waals surface area contributed by atoms with Crippen molar-refractivity contribution in [3.8, 4) is 5.75 Å². The summed E-state index contributed by atoms with van der Waals surface area (Å²) in [4.78, 5) is 0. The predicted molar refractivity (Wildman–Crippen MR) is 64.9 cm³/mol. The molecular formula is C14H18O2. The largest absolute Gasteiger partial charge is 0.496 e. The molecule has 0 aliphatic heterocycles. The molecule has 0 spiro atoms. The van der Waals surface area contributed by atoms with Crippen LogP contribution >= 0.6 is 0 Å². The summed E-state index contributed by atoms with van der Waals surface area (Å²) in [7, 11) is 1.68. The van der Waals surface area contributed by atoms with Gasteiger partial charge in [0.2, 0.25) is 0 Å². The minimum absolute atomic E-state index is 0.492. The number of benzene rings is 1. The van der Waals surface area contributed by atoms with Crippen molar-refractivity contribution in [3.63, 3.8) is 0 Å². The molecule has 2 rings (SSSR count). The first-order valence-electron chi connectivity index (χ1n) is 5.74. The maximum Gasteiger partial charge on any atom is 0.122 e. The monoisotopic (exact) mass is 218 g/mol. The third-order valence-electron chi connectivity index (χ3n) is 3.20. The number of aryl methyl sites for hydroxylation is 2. The van der Waals surface area contributed by atoms with E-state index in [2.05, 4.69) is 18.7 Å². The van der Waals surface area contributed by atoms with Gasteiger partial charge in [0.15, 0.2) is 0 Å². The van der Waals surface area contributed by atoms with Crippen LogP contribution in [0.15, 0.2) is 24.8 Å². The van der Waals surface area contributed by atoms with Crippen LogP contribution in [-0.4, -0.2) is 18.3 Å². The molecule has 0 aromatic heterocycles. The van der Waals surface area contributed by atoms with Gasteiger partial charge in [-0.3, -0.25) is 0 Å². The molecular weight excluding hydrogens is 200 g/mol. The van der Waals surface area contributed by atoms with E-state index in [-0.39, 0.29) is 0 Å². The van der Waals surface area contributed by atoms with Crippen molar-refractivity contribution >= 4 is 0 Å². The molecule has 1 aliphatic carbocycles. The van der Waals surface area contributed by atoms with E-state index >= 15 is 0 Å². The van der Waals surface area contributed by atoms with Gasteiger partial charge in [-0.25, -0.2) is 0 Å². The number of methoxy groups -OCH3 is 1. The molecule has 1 aromatic carbocycles. The highest BCUT2D eigenvalue weighted by molar-refractivity contribution is 5.45. The van der Waals surface area contributed by atoms with Crippen LogP contribution < -0.4 is 4.74 Å². The van der Waals surface area contributed by atoms with E-state index in [1.54, 1.807) is 13.2 Å². The van der Waals surface area contributed by atoms with Crippen LogP contribution in [-0.2, 0) is 19.3 Å². The van der Waals surface area contributed by atoms with Crippen molar-refractivity contribution in [1.29, 1.82) is 0 Å². The Hall–Kier alpha value is -1.28. The lowest BCUT2D eigenvalue weighted by Crippen LogP contribution is -2.08. The molecule has 0 amide bonds. The number of aliphatic hydroxyl groups excluding tert-OH is 1. The summed E-state index contributed by atoms with van der Waals surface area (Å²) >= 11 is 0. The molecule has 2 nitrogen and oxygen atoms in total. The van der Waals surface area contributed by atoms with Crippen LogP contribution in [0.5, 0.6) is 5.75 Å². The fourth-order valence-electron chi connectivity index (χ4n) is 2.31. The van der Waals surface area contributed by atoms with Gasteiger partial charge in [0.25, 0.3) is 0 Å². The van der Waals surface area contributed by atoms with Crippen molar-refractivity contribution in [2.45, 2.75) is 31.8 Å². The summed E-state index contributed by atoms with van der Waals surface area (Å²) in [5, 5.41) is 9.61. The first-order valence-corrected chi connectivity index (χ1v) is 5.74. The number of hydrogen-bond acceptors (Lipinski definition) is 2.